The molecule has 1 atom stereocenters. The summed E-state index contributed by atoms with van der Waals surface area (Å²) in [5, 5.41) is 3.00. The summed E-state index contributed by atoms with van der Waals surface area (Å²) in [6, 6.07) is 0.450. The predicted octanol–water partition coefficient (Wildman–Crippen LogP) is 1.96. The molecule has 3 nitrogen and oxygen atoms in total. The third-order valence-corrected chi connectivity index (χ3v) is 3.13. The summed E-state index contributed by atoms with van der Waals surface area (Å²) in [6.45, 7) is 6.76. The summed E-state index contributed by atoms with van der Waals surface area (Å²) in [4.78, 5) is 4.72. The van der Waals surface area contributed by atoms with Gasteiger partial charge in [0.25, 0.3) is 0 Å². The quantitative estimate of drug-likeness (QED) is 0.678. The second-order valence-electron chi connectivity index (χ2n) is 4.96. The molecule has 0 fully saturated rings. The number of aliphatic imine (C=N–C) groups is 1. The van der Waals surface area contributed by atoms with Crippen molar-refractivity contribution in [3.8, 4) is 0 Å². The second-order valence-corrected chi connectivity index (χ2v) is 6.04. The molecule has 14 heavy (non-hydrogen) atoms. The van der Waals surface area contributed by atoms with Gasteiger partial charge < -0.3 is 0 Å². The fourth-order valence-electron chi connectivity index (χ4n) is 1.39. The molecule has 0 bridgehead atoms. The van der Waals surface area contributed by atoms with E-state index in [1.54, 1.807) is 0 Å². The minimum atomic E-state index is 0.278. The zero-order chi connectivity index (χ0) is 10.8. The smallest absolute Gasteiger partial charge is 0.171 e. The Kier molecular flexibility index (Phi) is 3.84. The summed E-state index contributed by atoms with van der Waals surface area (Å²) in [6.07, 6.45) is 1.19. The monoisotopic (exact) mass is 215 g/mol. The second kappa shape index (κ2) is 4.53. The molecule has 1 heterocycles. The van der Waals surface area contributed by atoms with E-state index < -0.39 is 0 Å². The standard InChI is InChI=1S/C10H21N3S/c1-10(2,3)8-6-7-14-9(11-8)12-13(4)5/h8H,6-7H2,1-5H3,(H,11,12). The summed E-state index contributed by atoms with van der Waals surface area (Å²) in [7, 11) is 3.98. The number of rotatable bonds is 1. The van der Waals surface area contributed by atoms with E-state index in [9.17, 15) is 0 Å². The van der Waals surface area contributed by atoms with Gasteiger partial charge in [0.2, 0.25) is 0 Å². The van der Waals surface area contributed by atoms with Gasteiger partial charge in [-0.3, -0.25) is 10.4 Å². The van der Waals surface area contributed by atoms with Gasteiger partial charge in [-0.15, -0.1) is 0 Å². The molecule has 0 amide bonds. The predicted molar refractivity (Wildman–Crippen MR) is 64.6 cm³/mol. The number of thioether (sulfide) groups is 1. The lowest BCUT2D eigenvalue weighted by Gasteiger charge is -2.31. The van der Waals surface area contributed by atoms with Crippen LogP contribution in [0.3, 0.4) is 0 Å². The fourth-order valence-corrected chi connectivity index (χ4v) is 2.37. The zero-order valence-corrected chi connectivity index (χ0v) is 10.6. The lowest BCUT2D eigenvalue weighted by atomic mass is 9.85. The Bertz CT molecular complexity index is 218. The molecule has 0 spiro atoms. The molecule has 0 aromatic carbocycles. The molecule has 1 unspecified atom stereocenters. The number of amidine groups is 1. The van der Waals surface area contributed by atoms with E-state index in [0.717, 1.165) is 5.17 Å². The summed E-state index contributed by atoms with van der Waals surface area (Å²) >= 11 is 1.81. The molecule has 82 valence electrons. The average molecular weight is 215 g/mol. The molecule has 1 aliphatic rings. The van der Waals surface area contributed by atoms with Crippen LogP contribution in [0.5, 0.6) is 0 Å². The highest BCUT2D eigenvalue weighted by Crippen LogP contribution is 2.30. The molecular weight excluding hydrogens is 194 g/mol. The molecule has 0 saturated heterocycles. The average Bonchev–Trinajstić information content (AvgIpc) is 2.01. The van der Waals surface area contributed by atoms with Crippen LogP contribution < -0.4 is 5.43 Å². The van der Waals surface area contributed by atoms with Crippen molar-refractivity contribution in [3.05, 3.63) is 0 Å². The number of hydrogen-bond donors (Lipinski definition) is 1. The molecule has 0 aromatic rings. The first-order valence-electron chi connectivity index (χ1n) is 5.04. The van der Waals surface area contributed by atoms with Crippen molar-refractivity contribution in [2.75, 3.05) is 19.8 Å². The van der Waals surface area contributed by atoms with Crippen LogP contribution in [-0.2, 0) is 0 Å². The number of nitrogens with zero attached hydrogens (tertiary/aromatic N) is 2. The van der Waals surface area contributed by atoms with Gasteiger partial charge in [-0.2, -0.15) is 0 Å². The molecule has 1 rings (SSSR count). The minimum absolute atomic E-state index is 0.278. The van der Waals surface area contributed by atoms with Crippen LogP contribution in [0, 0.1) is 5.41 Å². The number of hydrogen-bond acceptors (Lipinski definition) is 4. The van der Waals surface area contributed by atoms with Crippen molar-refractivity contribution in [2.24, 2.45) is 10.4 Å². The van der Waals surface area contributed by atoms with Gasteiger partial charge in [-0.05, 0) is 11.8 Å². The van der Waals surface area contributed by atoms with Crippen molar-refractivity contribution in [2.45, 2.75) is 33.2 Å². The van der Waals surface area contributed by atoms with Gasteiger partial charge in [0, 0.05) is 19.8 Å². The Balaban J connectivity index is 2.64. The van der Waals surface area contributed by atoms with Crippen molar-refractivity contribution < 1.29 is 0 Å². The molecule has 0 aromatic heterocycles. The van der Waals surface area contributed by atoms with Crippen molar-refractivity contribution in [1.29, 1.82) is 0 Å². The zero-order valence-electron chi connectivity index (χ0n) is 9.79. The molecule has 4 heteroatoms. The first-order chi connectivity index (χ1) is 6.39. The van der Waals surface area contributed by atoms with Crippen LogP contribution >= 0.6 is 11.8 Å². The van der Waals surface area contributed by atoms with Gasteiger partial charge >= 0.3 is 0 Å². The van der Waals surface area contributed by atoms with Gasteiger partial charge in [0.1, 0.15) is 0 Å². The van der Waals surface area contributed by atoms with E-state index in [1.807, 2.05) is 30.9 Å². The van der Waals surface area contributed by atoms with Crippen LogP contribution in [-0.4, -0.2) is 36.1 Å². The molecule has 0 aliphatic carbocycles. The first kappa shape index (κ1) is 11.9. The fraction of sp³-hybridized carbons (Fsp3) is 0.900. The number of hydrazine groups is 1. The first-order valence-corrected chi connectivity index (χ1v) is 6.03. The van der Waals surface area contributed by atoms with Gasteiger partial charge in [0.05, 0.1) is 6.04 Å². The van der Waals surface area contributed by atoms with E-state index in [0.29, 0.717) is 6.04 Å². The highest BCUT2D eigenvalue weighted by molar-refractivity contribution is 8.13. The summed E-state index contributed by atoms with van der Waals surface area (Å²) < 4.78 is 0. The molecular formula is C10H21N3S. The van der Waals surface area contributed by atoms with Gasteiger partial charge in [-0.1, -0.05) is 32.5 Å². The topological polar surface area (TPSA) is 27.6 Å². The highest BCUT2D eigenvalue weighted by atomic mass is 32.2. The Hall–Kier alpha value is -0.220. The van der Waals surface area contributed by atoms with E-state index in [-0.39, 0.29) is 5.41 Å². The lowest BCUT2D eigenvalue weighted by Crippen LogP contribution is -2.39. The van der Waals surface area contributed by atoms with Crippen LogP contribution in [0.2, 0.25) is 0 Å². The Labute approximate surface area is 91.3 Å². The summed E-state index contributed by atoms with van der Waals surface area (Å²) in [5.74, 6) is 1.17. The third-order valence-electron chi connectivity index (χ3n) is 2.22. The largest absolute Gasteiger partial charge is 0.298 e. The Morgan fingerprint density at radius 1 is 1.43 bits per heavy atom. The van der Waals surface area contributed by atoms with Crippen molar-refractivity contribution in [3.63, 3.8) is 0 Å². The van der Waals surface area contributed by atoms with E-state index in [2.05, 4.69) is 26.2 Å². The maximum Gasteiger partial charge on any atom is 0.171 e. The SMILES string of the molecule is CN(C)NC1=NC(C(C)(C)C)CCS1. The molecule has 1 N–H and O–H groups in total. The normalized spacial score (nSPS) is 23.6. The van der Waals surface area contributed by atoms with Crippen LogP contribution in [0.25, 0.3) is 0 Å². The van der Waals surface area contributed by atoms with Crippen LogP contribution in [0.4, 0.5) is 0 Å². The third kappa shape index (κ3) is 3.50. The highest BCUT2D eigenvalue weighted by Gasteiger charge is 2.27. The molecule has 0 radical (unpaired) electrons. The van der Waals surface area contributed by atoms with E-state index in [1.165, 1.54) is 12.2 Å². The number of nitrogens with one attached hydrogen (secondary N) is 1. The Morgan fingerprint density at radius 2 is 2.07 bits per heavy atom. The molecule has 1 aliphatic heterocycles. The maximum atomic E-state index is 4.72. The maximum absolute atomic E-state index is 4.72. The summed E-state index contributed by atoms with van der Waals surface area (Å²) in [5.41, 5.74) is 3.51. The van der Waals surface area contributed by atoms with Crippen molar-refractivity contribution >= 4 is 16.9 Å². The Morgan fingerprint density at radius 3 is 2.57 bits per heavy atom. The van der Waals surface area contributed by atoms with Gasteiger partial charge in [0.15, 0.2) is 5.17 Å². The lowest BCUT2D eigenvalue weighted by molar-refractivity contribution is 0.310. The van der Waals surface area contributed by atoms with Crippen molar-refractivity contribution in [1.82, 2.24) is 10.4 Å². The molecule has 0 saturated carbocycles. The van der Waals surface area contributed by atoms with E-state index >= 15 is 0 Å². The minimum Gasteiger partial charge on any atom is -0.298 e. The van der Waals surface area contributed by atoms with E-state index in [4.69, 9.17) is 4.99 Å². The van der Waals surface area contributed by atoms with Crippen LogP contribution in [0.1, 0.15) is 27.2 Å². The van der Waals surface area contributed by atoms with Crippen LogP contribution in [0.15, 0.2) is 4.99 Å². The van der Waals surface area contributed by atoms with Gasteiger partial charge in [-0.25, -0.2) is 5.01 Å².